The molecular formula is C19H23N3O4S. The van der Waals surface area contributed by atoms with Crippen molar-refractivity contribution >= 4 is 27.1 Å². The number of anilines is 2. The summed E-state index contributed by atoms with van der Waals surface area (Å²) in [6.07, 6.45) is 2.07. The number of pyridine rings is 1. The van der Waals surface area contributed by atoms with Crippen molar-refractivity contribution in [1.29, 1.82) is 0 Å². The van der Waals surface area contributed by atoms with Gasteiger partial charge in [0, 0.05) is 24.3 Å². The van der Waals surface area contributed by atoms with Crippen LogP contribution in [-0.2, 0) is 9.84 Å². The van der Waals surface area contributed by atoms with Crippen LogP contribution in [0, 0.1) is 0 Å². The molecule has 8 heteroatoms. The first-order valence-corrected chi connectivity index (χ1v) is 10.6. The number of nitrogens with zero attached hydrogens (tertiary/aromatic N) is 2. The molecule has 2 heterocycles. The van der Waals surface area contributed by atoms with Crippen LogP contribution in [0.2, 0.25) is 0 Å². The average Bonchev–Trinajstić information content (AvgIpc) is 3.02. The fraction of sp³-hybridized carbons (Fsp3) is 0.368. The second-order valence-electron chi connectivity index (χ2n) is 6.44. The molecule has 1 aromatic carbocycles. The molecule has 0 saturated carbocycles. The summed E-state index contributed by atoms with van der Waals surface area (Å²) in [6.45, 7) is 2.30. The molecule has 1 saturated heterocycles. The monoisotopic (exact) mass is 389 g/mol. The Morgan fingerprint density at radius 3 is 2.70 bits per heavy atom. The molecule has 0 bridgehead atoms. The third kappa shape index (κ3) is 4.57. The van der Waals surface area contributed by atoms with Crippen LogP contribution in [0.1, 0.15) is 23.8 Å². The normalized spacial score (nSPS) is 18.1. The van der Waals surface area contributed by atoms with Gasteiger partial charge in [0.2, 0.25) is 0 Å². The molecule has 2 aromatic rings. The highest BCUT2D eigenvalue weighted by atomic mass is 32.2. The fourth-order valence-corrected chi connectivity index (χ4v) is 4.93. The van der Waals surface area contributed by atoms with Crippen LogP contribution >= 0.6 is 0 Å². The van der Waals surface area contributed by atoms with E-state index in [1.165, 1.54) is 0 Å². The quantitative estimate of drug-likeness (QED) is 0.817. The minimum atomic E-state index is -3.05. The molecule has 1 fully saturated rings. The number of hydrogen-bond acceptors (Lipinski definition) is 6. The van der Waals surface area contributed by atoms with Gasteiger partial charge in [-0.3, -0.25) is 4.79 Å². The third-order valence-electron chi connectivity index (χ3n) is 4.59. The number of amides is 1. The molecule has 1 atom stereocenters. The maximum Gasteiger partial charge on any atom is 0.272 e. The van der Waals surface area contributed by atoms with Gasteiger partial charge in [-0.05, 0) is 37.6 Å². The lowest BCUT2D eigenvalue weighted by molar-refractivity contribution is 0.0702. The molecule has 7 nitrogen and oxygen atoms in total. The summed E-state index contributed by atoms with van der Waals surface area (Å²) < 4.78 is 28.6. The molecule has 0 spiro atoms. The second kappa shape index (κ2) is 7.96. The van der Waals surface area contributed by atoms with E-state index in [9.17, 15) is 13.2 Å². The number of nitrogens with one attached hydrogen (secondary N) is 1. The summed E-state index contributed by atoms with van der Waals surface area (Å²) in [5.41, 5.74) is 1.89. The van der Waals surface area contributed by atoms with Crippen LogP contribution in [0.3, 0.4) is 0 Å². The Hall–Kier alpha value is -2.61. The van der Waals surface area contributed by atoms with E-state index in [-0.39, 0.29) is 23.5 Å². The van der Waals surface area contributed by atoms with Crippen molar-refractivity contribution in [2.75, 3.05) is 30.5 Å². The van der Waals surface area contributed by atoms with Crippen molar-refractivity contribution in [3.63, 3.8) is 0 Å². The van der Waals surface area contributed by atoms with Crippen LogP contribution in [0.5, 0.6) is 5.75 Å². The van der Waals surface area contributed by atoms with Gasteiger partial charge in [-0.1, -0.05) is 6.07 Å². The van der Waals surface area contributed by atoms with Crippen LogP contribution < -0.4 is 10.1 Å². The summed E-state index contributed by atoms with van der Waals surface area (Å²) in [5, 5.41) is 3.21. The van der Waals surface area contributed by atoms with E-state index in [1.54, 1.807) is 30.3 Å². The van der Waals surface area contributed by atoms with Gasteiger partial charge in [0.1, 0.15) is 11.4 Å². The zero-order valence-electron chi connectivity index (χ0n) is 15.4. The highest BCUT2D eigenvalue weighted by molar-refractivity contribution is 7.91. The molecule has 3 rings (SSSR count). The largest absolute Gasteiger partial charge is 0.497 e. The Bertz CT molecular complexity index is 913. The zero-order chi connectivity index (χ0) is 19.4. The van der Waals surface area contributed by atoms with Gasteiger partial charge < -0.3 is 15.0 Å². The maximum atomic E-state index is 12.8. The van der Waals surface area contributed by atoms with E-state index in [0.29, 0.717) is 18.7 Å². The smallest absolute Gasteiger partial charge is 0.272 e. The van der Waals surface area contributed by atoms with Crippen molar-refractivity contribution in [2.24, 2.45) is 0 Å². The Morgan fingerprint density at radius 1 is 1.30 bits per heavy atom. The van der Waals surface area contributed by atoms with Gasteiger partial charge in [-0.25, -0.2) is 13.4 Å². The summed E-state index contributed by atoms with van der Waals surface area (Å²) in [6, 6.07) is 10.6. The fourth-order valence-electron chi connectivity index (χ4n) is 3.20. The highest BCUT2D eigenvalue weighted by Gasteiger charge is 2.34. The number of sulfone groups is 1. The Kier molecular flexibility index (Phi) is 5.65. The lowest BCUT2D eigenvalue weighted by atomic mass is 10.2. The molecule has 1 aliphatic rings. The topological polar surface area (TPSA) is 88.6 Å². The number of carbonyl (C=O) groups is 1. The van der Waals surface area contributed by atoms with Crippen molar-refractivity contribution in [3.05, 3.63) is 48.3 Å². The van der Waals surface area contributed by atoms with Gasteiger partial charge in [0.05, 0.1) is 30.5 Å². The molecule has 1 aliphatic heterocycles. The van der Waals surface area contributed by atoms with Crippen LogP contribution in [0.25, 0.3) is 0 Å². The van der Waals surface area contributed by atoms with Gasteiger partial charge >= 0.3 is 0 Å². The molecule has 0 radical (unpaired) electrons. The summed E-state index contributed by atoms with van der Waals surface area (Å²) in [7, 11) is -1.44. The van der Waals surface area contributed by atoms with E-state index < -0.39 is 9.84 Å². The first kappa shape index (κ1) is 19.2. The number of methoxy groups -OCH3 is 1. The van der Waals surface area contributed by atoms with Gasteiger partial charge in [0.15, 0.2) is 9.84 Å². The van der Waals surface area contributed by atoms with E-state index in [1.807, 2.05) is 31.2 Å². The lowest BCUT2D eigenvalue weighted by Gasteiger charge is -2.26. The Morgan fingerprint density at radius 2 is 2.11 bits per heavy atom. The van der Waals surface area contributed by atoms with E-state index in [4.69, 9.17) is 4.74 Å². The standard InChI is InChI=1S/C19H23N3O4S/c1-3-22(16-9-10-27(24,25)13-16)19(23)18-8-7-15(12-20-18)21-14-5-4-6-17(11-14)26-2/h4-8,11-12,16,21H,3,9-10,13H2,1-2H3. The Balaban J connectivity index is 1.71. The van der Waals surface area contributed by atoms with Gasteiger partial charge in [-0.2, -0.15) is 0 Å². The lowest BCUT2D eigenvalue weighted by Crippen LogP contribution is -2.41. The summed E-state index contributed by atoms with van der Waals surface area (Å²) in [5.74, 6) is 0.665. The zero-order valence-corrected chi connectivity index (χ0v) is 16.2. The molecule has 1 amide bonds. The molecule has 0 aliphatic carbocycles. The van der Waals surface area contributed by atoms with Crippen molar-refractivity contribution in [3.8, 4) is 5.75 Å². The van der Waals surface area contributed by atoms with Crippen molar-refractivity contribution in [2.45, 2.75) is 19.4 Å². The number of rotatable bonds is 6. The van der Waals surface area contributed by atoms with Crippen molar-refractivity contribution < 1.29 is 17.9 Å². The first-order valence-electron chi connectivity index (χ1n) is 8.80. The molecule has 1 unspecified atom stereocenters. The summed E-state index contributed by atoms with van der Waals surface area (Å²) in [4.78, 5) is 18.6. The van der Waals surface area contributed by atoms with E-state index in [2.05, 4.69) is 10.3 Å². The first-order chi connectivity index (χ1) is 12.9. The maximum absolute atomic E-state index is 12.8. The number of aromatic nitrogens is 1. The molecule has 1 aromatic heterocycles. The van der Waals surface area contributed by atoms with Crippen molar-refractivity contribution in [1.82, 2.24) is 9.88 Å². The van der Waals surface area contributed by atoms with Crippen LogP contribution in [0.15, 0.2) is 42.6 Å². The predicted molar refractivity (Wildman–Crippen MR) is 104 cm³/mol. The van der Waals surface area contributed by atoms with Gasteiger partial charge in [-0.15, -0.1) is 0 Å². The Labute approximate surface area is 159 Å². The number of hydrogen-bond donors (Lipinski definition) is 1. The predicted octanol–water partition coefficient (Wildman–Crippen LogP) is 2.48. The van der Waals surface area contributed by atoms with Crippen LogP contribution in [-0.4, -0.2) is 55.4 Å². The third-order valence-corrected chi connectivity index (χ3v) is 6.34. The highest BCUT2D eigenvalue weighted by Crippen LogP contribution is 2.22. The van der Waals surface area contributed by atoms with Crippen LogP contribution in [0.4, 0.5) is 11.4 Å². The minimum absolute atomic E-state index is 0.0298. The molecule has 27 heavy (non-hydrogen) atoms. The summed E-state index contributed by atoms with van der Waals surface area (Å²) >= 11 is 0. The molecular weight excluding hydrogens is 366 g/mol. The molecule has 1 N–H and O–H groups in total. The SMILES string of the molecule is CCN(C(=O)c1ccc(Nc2cccc(OC)c2)cn1)C1CCS(=O)(=O)C1. The van der Waals surface area contributed by atoms with E-state index >= 15 is 0 Å². The van der Waals surface area contributed by atoms with Gasteiger partial charge in [0.25, 0.3) is 5.91 Å². The van der Waals surface area contributed by atoms with E-state index in [0.717, 1.165) is 17.1 Å². The number of ether oxygens (including phenoxy) is 1. The second-order valence-corrected chi connectivity index (χ2v) is 8.67. The minimum Gasteiger partial charge on any atom is -0.497 e. The number of carbonyl (C=O) groups excluding carboxylic acids is 1. The average molecular weight is 389 g/mol. The molecule has 144 valence electrons. The number of benzene rings is 1.